The van der Waals surface area contributed by atoms with E-state index in [0.717, 1.165) is 25.7 Å². The topological polar surface area (TPSA) is 43.4 Å². The van der Waals surface area contributed by atoms with Gasteiger partial charge in [0, 0.05) is 6.92 Å². The van der Waals surface area contributed by atoms with Crippen LogP contribution in [0.15, 0.2) is 0 Å². The van der Waals surface area contributed by atoms with Crippen molar-refractivity contribution in [1.29, 1.82) is 0 Å². The fourth-order valence-electron chi connectivity index (χ4n) is 1.24. The van der Waals surface area contributed by atoms with Crippen LogP contribution >= 0.6 is 0 Å². The normalized spacial score (nSPS) is 16.8. The van der Waals surface area contributed by atoms with Gasteiger partial charge in [-0.3, -0.25) is 4.79 Å². The molecule has 1 rings (SSSR count). The van der Waals surface area contributed by atoms with Crippen molar-refractivity contribution in [2.24, 2.45) is 0 Å². The Hall–Kier alpha value is 0.140. The minimum absolute atomic E-state index is 0. The molecule has 0 amide bonds. The summed E-state index contributed by atoms with van der Waals surface area (Å²) in [6.07, 6.45) is 4.05. The summed E-state index contributed by atoms with van der Waals surface area (Å²) in [4.78, 5) is 21.2. The Kier molecular flexibility index (Phi) is 5.80. The predicted molar refractivity (Wildman–Crippen MR) is 46.2 cm³/mol. The van der Waals surface area contributed by atoms with Crippen LogP contribution in [0.5, 0.6) is 0 Å². The predicted octanol–water partition coefficient (Wildman–Crippen LogP) is 0.413. The summed E-state index contributed by atoms with van der Waals surface area (Å²) in [5.74, 6) is -1.19. The number of ether oxygens (including phenoxy) is 1. The summed E-state index contributed by atoms with van der Waals surface area (Å²) >= 11 is 0. The molecule has 12 heavy (non-hydrogen) atoms. The van der Waals surface area contributed by atoms with Crippen molar-refractivity contribution in [3.05, 3.63) is 0 Å². The van der Waals surface area contributed by atoms with Crippen LogP contribution in [0.4, 0.5) is 0 Å². The minimum atomic E-state index is -0.683. The molecule has 0 N–H and O–H groups in total. The summed E-state index contributed by atoms with van der Waals surface area (Å²) in [5.41, 5.74) is 0. The summed E-state index contributed by atoms with van der Waals surface area (Å²) < 4.78 is 4.88. The molecule has 1 aliphatic carbocycles. The summed E-state index contributed by atoms with van der Waals surface area (Å²) in [6, 6.07) is 0. The van der Waals surface area contributed by atoms with Gasteiger partial charge in [0.15, 0.2) is 0 Å². The Balaban J connectivity index is 0.00000121. The third kappa shape index (κ3) is 3.70. The van der Waals surface area contributed by atoms with Gasteiger partial charge in [0.25, 0.3) is 0 Å². The molecule has 0 bridgehead atoms. The average Bonchev–Trinajstić information content (AvgIpc) is 2.39. The SMILES string of the molecule is CC(=O)C(=O)OC1CCCC1.[NaH]. The molecule has 3 nitrogen and oxygen atoms in total. The van der Waals surface area contributed by atoms with E-state index in [4.69, 9.17) is 4.74 Å². The van der Waals surface area contributed by atoms with Gasteiger partial charge in [-0.1, -0.05) is 0 Å². The molecule has 4 heteroatoms. The van der Waals surface area contributed by atoms with Crippen LogP contribution in [0.1, 0.15) is 32.6 Å². The molecule has 0 aromatic carbocycles. The maximum absolute atomic E-state index is 10.7. The van der Waals surface area contributed by atoms with E-state index in [9.17, 15) is 9.59 Å². The van der Waals surface area contributed by atoms with Crippen molar-refractivity contribution >= 4 is 41.3 Å². The number of carbonyl (C=O) groups excluding carboxylic acids is 2. The zero-order valence-corrected chi connectivity index (χ0v) is 6.63. The monoisotopic (exact) mass is 180 g/mol. The van der Waals surface area contributed by atoms with Gasteiger partial charge < -0.3 is 4.74 Å². The van der Waals surface area contributed by atoms with Crippen molar-refractivity contribution in [1.82, 2.24) is 0 Å². The zero-order valence-electron chi connectivity index (χ0n) is 6.63. The molecule has 0 unspecified atom stereocenters. The maximum atomic E-state index is 10.7. The summed E-state index contributed by atoms with van der Waals surface area (Å²) in [7, 11) is 0. The molecule has 0 aliphatic heterocycles. The molecule has 1 aliphatic rings. The first-order valence-electron chi connectivity index (χ1n) is 3.91. The second kappa shape index (κ2) is 5.73. The van der Waals surface area contributed by atoms with E-state index >= 15 is 0 Å². The van der Waals surface area contributed by atoms with Gasteiger partial charge >= 0.3 is 35.5 Å². The van der Waals surface area contributed by atoms with E-state index in [1.54, 1.807) is 0 Å². The van der Waals surface area contributed by atoms with Gasteiger partial charge in [0.2, 0.25) is 5.78 Å². The molecular weight excluding hydrogens is 167 g/mol. The van der Waals surface area contributed by atoms with Crippen molar-refractivity contribution < 1.29 is 14.3 Å². The van der Waals surface area contributed by atoms with Crippen molar-refractivity contribution in [3.8, 4) is 0 Å². The van der Waals surface area contributed by atoms with Crippen molar-refractivity contribution in [2.75, 3.05) is 0 Å². The molecule has 1 fully saturated rings. The molecular formula is C8H13NaO3. The Labute approximate surface area is 94.1 Å². The number of ketones is 1. The number of esters is 1. The summed E-state index contributed by atoms with van der Waals surface area (Å²) in [6.45, 7) is 1.23. The second-order valence-corrected chi connectivity index (χ2v) is 2.87. The standard InChI is InChI=1S/C8H12O3.Na.H/c1-6(9)8(10)11-7-4-2-3-5-7;;/h7H,2-5H2,1H3;;. The van der Waals surface area contributed by atoms with Gasteiger partial charge in [0.05, 0.1) is 0 Å². The number of rotatable bonds is 2. The third-order valence-electron chi connectivity index (χ3n) is 1.86. The molecule has 0 saturated heterocycles. The molecule has 0 atom stereocenters. The van der Waals surface area contributed by atoms with Crippen LogP contribution in [0, 0.1) is 0 Å². The number of carbonyl (C=O) groups is 2. The number of hydrogen-bond acceptors (Lipinski definition) is 3. The van der Waals surface area contributed by atoms with Gasteiger partial charge in [-0.15, -0.1) is 0 Å². The molecule has 1 saturated carbocycles. The Morgan fingerprint density at radius 3 is 2.17 bits per heavy atom. The zero-order chi connectivity index (χ0) is 8.27. The fourth-order valence-corrected chi connectivity index (χ4v) is 1.24. The second-order valence-electron chi connectivity index (χ2n) is 2.87. The Morgan fingerprint density at radius 2 is 1.75 bits per heavy atom. The first-order chi connectivity index (χ1) is 5.20. The Morgan fingerprint density at radius 1 is 1.25 bits per heavy atom. The summed E-state index contributed by atoms with van der Waals surface area (Å²) in [5, 5.41) is 0. The molecule has 0 spiro atoms. The van der Waals surface area contributed by atoms with Crippen LogP contribution < -0.4 is 0 Å². The molecule has 0 heterocycles. The fraction of sp³-hybridized carbons (Fsp3) is 0.750. The number of hydrogen-bond donors (Lipinski definition) is 0. The van der Waals surface area contributed by atoms with E-state index < -0.39 is 11.8 Å². The molecule has 64 valence electrons. The van der Waals surface area contributed by atoms with Crippen LogP contribution in [-0.2, 0) is 14.3 Å². The number of Topliss-reactive ketones (excluding diaryl/α,β-unsaturated/α-hetero) is 1. The van der Waals surface area contributed by atoms with E-state index in [-0.39, 0.29) is 35.7 Å². The van der Waals surface area contributed by atoms with Gasteiger partial charge in [-0.25, -0.2) is 4.79 Å². The van der Waals surface area contributed by atoms with Crippen LogP contribution in [0.2, 0.25) is 0 Å². The molecule has 0 radical (unpaired) electrons. The van der Waals surface area contributed by atoms with Gasteiger partial charge in [-0.05, 0) is 25.7 Å². The Bertz CT molecular complexity index is 173. The van der Waals surface area contributed by atoms with Gasteiger partial charge in [-0.2, -0.15) is 0 Å². The van der Waals surface area contributed by atoms with E-state index in [1.165, 1.54) is 6.92 Å². The third-order valence-corrected chi connectivity index (χ3v) is 1.86. The average molecular weight is 180 g/mol. The van der Waals surface area contributed by atoms with E-state index in [0.29, 0.717) is 0 Å². The van der Waals surface area contributed by atoms with Crippen LogP contribution in [0.25, 0.3) is 0 Å². The molecule has 0 aromatic rings. The van der Waals surface area contributed by atoms with Crippen molar-refractivity contribution in [2.45, 2.75) is 38.7 Å². The van der Waals surface area contributed by atoms with E-state index in [2.05, 4.69) is 0 Å². The van der Waals surface area contributed by atoms with E-state index in [1.807, 2.05) is 0 Å². The first kappa shape index (κ1) is 12.1. The first-order valence-corrected chi connectivity index (χ1v) is 3.91. The van der Waals surface area contributed by atoms with Gasteiger partial charge in [0.1, 0.15) is 6.10 Å². The van der Waals surface area contributed by atoms with Crippen LogP contribution in [-0.4, -0.2) is 47.4 Å². The molecule has 0 aromatic heterocycles. The van der Waals surface area contributed by atoms with Crippen LogP contribution in [0.3, 0.4) is 0 Å². The van der Waals surface area contributed by atoms with Crippen molar-refractivity contribution in [3.63, 3.8) is 0 Å². The quantitative estimate of drug-likeness (QED) is 0.351.